The fourth-order valence-electron chi connectivity index (χ4n) is 3.91. The number of piperazine rings is 1. The number of benzene rings is 2. The number of halogens is 1. The third kappa shape index (κ3) is 2.77. The lowest BCUT2D eigenvalue weighted by molar-refractivity contribution is 0.589. The molecule has 0 aliphatic carbocycles. The van der Waals surface area contributed by atoms with Gasteiger partial charge in [-0.25, -0.2) is 4.98 Å². The Bertz CT molecular complexity index is 1250. The first-order valence-electron chi connectivity index (χ1n) is 9.39. The maximum absolute atomic E-state index is 12.7. The molecule has 7 heteroatoms. The summed E-state index contributed by atoms with van der Waals surface area (Å²) >= 11 is 6.61. The van der Waals surface area contributed by atoms with Crippen molar-refractivity contribution >= 4 is 39.2 Å². The van der Waals surface area contributed by atoms with E-state index in [0.29, 0.717) is 16.4 Å². The van der Waals surface area contributed by atoms with Crippen LogP contribution in [-0.4, -0.2) is 41.1 Å². The maximum Gasteiger partial charge on any atom is 0.260 e. The SMILES string of the molecule is Cc1cc(N2CCNCC2)cc2[nH]c(-c3c(Cl)c4ccccc4[nH]c3=O)nc12. The number of aromatic nitrogens is 3. The van der Waals surface area contributed by atoms with E-state index in [9.17, 15) is 4.79 Å². The standard InChI is InChI=1S/C21H20ClN5O/c1-12-10-13(27-8-6-23-7-9-27)11-16-19(12)26-20(24-16)17-18(22)14-4-2-3-5-15(14)25-21(17)28/h2-5,10-11,23H,6-9H2,1H3,(H,24,26)(H,25,28). The third-order valence-corrected chi connectivity index (χ3v) is 5.73. The molecule has 0 amide bonds. The Hall–Kier alpha value is -2.83. The smallest absolute Gasteiger partial charge is 0.260 e. The summed E-state index contributed by atoms with van der Waals surface area (Å²) in [6, 6.07) is 11.8. The fourth-order valence-corrected chi connectivity index (χ4v) is 4.25. The minimum absolute atomic E-state index is 0.247. The van der Waals surface area contributed by atoms with Crippen molar-refractivity contribution in [1.82, 2.24) is 20.3 Å². The number of rotatable bonds is 2. The Kier molecular flexibility index (Phi) is 4.10. The molecule has 142 valence electrons. The summed E-state index contributed by atoms with van der Waals surface area (Å²) in [5.41, 5.74) is 4.85. The van der Waals surface area contributed by atoms with Gasteiger partial charge >= 0.3 is 0 Å². The average Bonchev–Trinajstić information content (AvgIpc) is 3.13. The van der Waals surface area contributed by atoms with E-state index in [2.05, 4.69) is 32.3 Å². The highest BCUT2D eigenvalue weighted by atomic mass is 35.5. The van der Waals surface area contributed by atoms with E-state index in [1.54, 1.807) is 0 Å². The largest absolute Gasteiger partial charge is 0.369 e. The van der Waals surface area contributed by atoms with Crippen LogP contribution in [0.4, 0.5) is 5.69 Å². The Morgan fingerprint density at radius 3 is 2.68 bits per heavy atom. The van der Waals surface area contributed by atoms with Gasteiger partial charge in [0.15, 0.2) is 0 Å². The summed E-state index contributed by atoms with van der Waals surface area (Å²) in [6.07, 6.45) is 0. The zero-order valence-electron chi connectivity index (χ0n) is 15.5. The Labute approximate surface area is 166 Å². The topological polar surface area (TPSA) is 76.8 Å². The van der Waals surface area contributed by atoms with Gasteiger partial charge in [-0.15, -0.1) is 0 Å². The van der Waals surface area contributed by atoms with E-state index >= 15 is 0 Å². The van der Waals surface area contributed by atoms with Gasteiger partial charge in [0.05, 0.1) is 16.1 Å². The Balaban J connectivity index is 1.67. The molecule has 28 heavy (non-hydrogen) atoms. The van der Waals surface area contributed by atoms with Gasteiger partial charge in [-0.05, 0) is 30.7 Å². The molecular formula is C21H20ClN5O. The van der Waals surface area contributed by atoms with Crippen LogP contribution in [0.25, 0.3) is 33.3 Å². The number of aromatic amines is 2. The van der Waals surface area contributed by atoms with Gasteiger partial charge in [0, 0.05) is 42.8 Å². The van der Waals surface area contributed by atoms with Crippen molar-refractivity contribution in [2.75, 3.05) is 31.1 Å². The zero-order valence-corrected chi connectivity index (χ0v) is 16.2. The number of hydrogen-bond acceptors (Lipinski definition) is 4. The van der Waals surface area contributed by atoms with Crippen LogP contribution >= 0.6 is 11.6 Å². The first-order chi connectivity index (χ1) is 13.6. The number of hydrogen-bond donors (Lipinski definition) is 3. The second-order valence-electron chi connectivity index (χ2n) is 7.17. The molecule has 2 aromatic heterocycles. The monoisotopic (exact) mass is 393 g/mol. The Morgan fingerprint density at radius 2 is 1.86 bits per heavy atom. The van der Waals surface area contributed by atoms with Crippen molar-refractivity contribution in [1.29, 1.82) is 0 Å². The number of pyridine rings is 1. The van der Waals surface area contributed by atoms with Crippen molar-refractivity contribution in [2.45, 2.75) is 6.92 Å². The van der Waals surface area contributed by atoms with Crippen molar-refractivity contribution in [2.24, 2.45) is 0 Å². The van der Waals surface area contributed by atoms with Crippen LogP contribution in [0.15, 0.2) is 41.2 Å². The van der Waals surface area contributed by atoms with E-state index in [4.69, 9.17) is 16.6 Å². The molecule has 0 unspecified atom stereocenters. The molecule has 0 saturated carbocycles. The van der Waals surface area contributed by atoms with Crippen LogP contribution < -0.4 is 15.8 Å². The van der Waals surface area contributed by atoms with E-state index in [0.717, 1.165) is 53.7 Å². The van der Waals surface area contributed by atoms with Crippen LogP contribution in [0.5, 0.6) is 0 Å². The highest BCUT2D eigenvalue weighted by molar-refractivity contribution is 6.37. The van der Waals surface area contributed by atoms with E-state index in [-0.39, 0.29) is 5.56 Å². The highest BCUT2D eigenvalue weighted by Crippen LogP contribution is 2.32. The molecule has 0 atom stereocenters. The zero-order chi connectivity index (χ0) is 19.3. The second-order valence-corrected chi connectivity index (χ2v) is 7.55. The van der Waals surface area contributed by atoms with Gasteiger partial charge in [0.25, 0.3) is 5.56 Å². The summed E-state index contributed by atoms with van der Waals surface area (Å²) in [6.45, 7) is 5.95. The van der Waals surface area contributed by atoms with E-state index < -0.39 is 0 Å². The maximum atomic E-state index is 12.7. The van der Waals surface area contributed by atoms with Crippen molar-refractivity contribution in [3.8, 4) is 11.4 Å². The van der Waals surface area contributed by atoms with Crippen LogP contribution in [-0.2, 0) is 0 Å². The van der Waals surface area contributed by atoms with Crippen LogP contribution in [0.1, 0.15) is 5.56 Å². The van der Waals surface area contributed by atoms with Gasteiger partial charge in [-0.3, -0.25) is 4.79 Å². The molecule has 5 rings (SSSR count). The van der Waals surface area contributed by atoms with Crippen molar-refractivity contribution in [3.05, 3.63) is 57.3 Å². The van der Waals surface area contributed by atoms with Gasteiger partial charge in [0.2, 0.25) is 0 Å². The minimum atomic E-state index is -0.247. The van der Waals surface area contributed by atoms with Crippen LogP contribution in [0, 0.1) is 6.92 Å². The minimum Gasteiger partial charge on any atom is -0.369 e. The summed E-state index contributed by atoms with van der Waals surface area (Å²) in [5.74, 6) is 0.493. The average molecular weight is 394 g/mol. The van der Waals surface area contributed by atoms with Gasteiger partial charge in [0.1, 0.15) is 11.4 Å². The molecule has 0 spiro atoms. The van der Waals surface area contributed by atoms with Crippen LogP contribution in [0.3, 0.4) is 0 Å². The van der Waals surface area contributed by atoms with Gasteiger partial charge in [-0.2, -0.15) is 0 Å². The molecule has 2 aromatic carbocycles. The first kappa shape index (κ1) is 17.3. The molecule has 0 radical (unpaired) electrons. The summed E-state index contributed by atoms with van der Waals surface area (Å²) < 4.78 is 0. The molecule has 3 heterocycles. The number of nitrogens with zero attached hydrogens (tertiary/aromatic N) is 2. The summed E-state index contributed by atoms with van der Waals surface area (Å²) in [5, 5.41) is 4.59. The lowest BCUT2D eigenvalue weighted by Crippen LogP contribution is -2.43. The number of para-hydroxylation sites is 1. The molecule has 1 aliphatic rings. The first-order valence-corrected chi connectivity index (χ1v) is 9.76. The predicted molar refractivity (Wildman–Crippen MR) is 114 cm³/mol. The number of anilines is 1. The van der Waals surface area contributed by atoms with Crippen LogP contribution in [0.2, 0.25) is 5.02 Å². The quantitative estimate of drug-likeness (QED) is 0.487. The fraction of sp³-hybridized carbons (Fsp3) is 0.238. The summed E-state index contributed by atoms with van der Waals surface area (Å²) in [4.78, 5) is 26.0. The molecule has 1 aliphatic heterocycles. The lowest BCUT2D eigenvalue weighted by Gasteiger charge is -2.29. The van der Waals surface area contributed by atoms with Gasteiger partial charge < -0.3 is 20.2 Å². The third-order valence-electron chi connectivity index (χ3n) is 5.34. The highest BCUT2D eigenvalue weighted by Gasteiger charge is 2.18. The van der Waals surface area contributed by atoms with Gasteiger partial charge in [-0.1, -0.05) is 29.8 Å². The van der Waals surface area contributed by atoms with Crippen molar-refractivity contribution < 1.29 is 0 Å². The molecule has 1 fully saturated rings. The molecule has 0 bridgehead atoms. The normalized spacial score (nSPS) is 14.9. The molecule has 6 nitrogen and oxygen atoms in total. The van der Waals surface area contributed by atoms with E-state index in [1.165, 1.54) is 5.69 Å². The number of H-pyrrole nitrogens is 2. The molecule has 1 saturated heterocycles. The number of fused-ring (bicyclic) bond motifs is 2. The number of aryl methyl sites for hydroxylation is 1. The van der Waals surface area contributed by atoms with Crippen molar-refractivity contribution in [3.63, 3.8) is 0 Å². The predicted octanol–water partition coefficient (Wildman–Crippen LogP) is 3.44. The molecular weight excluding hydrogens is 374 g/mol. The molecule has 4 aromatic rings. The number of imidazole rings is 1. The Morgan fingerprint density at radius 1 is 1.07 bits per heavy atom. The lowest BCUT2D eigenvalue weighted by atomic mass is 10.1. The second kappa shape index (κ2) is 6.65. The van der Waals surface area contributed by atoms with E-state index in [1.807, 2.05) is 31.2 Å². The molecule has 3 N–H and O–H groups in total. The number of nitrogens with one attached hydrogen (secondary N) is 3. The summed E-state index contributed by atoms with van der Waals surface area (Å²) in [7, 11) is 0.